The number of furan rings is 1. The molecule has 25 heavy (non-hydrogen) atoms. The number of hydrogen-bond acceptors (Lipinski definition) is 4. The summed E-state index contributed by atoms with van der Waals surface area (Å²) in [6.07, 6.45) is 0. The highest BCUT2D eigenvalue weighted by Crippen LogP contribution is 2.23. The van der Waals surface area contributed by atoms with Gasteiger partial charge in [0.15, 0.2) is 0 Å². The van der Waals surface area contributed by atoms with Crippen LogP contribution in [0.15, 0.2) is 40.8 Å². The Labute approximate surface area is 151 Å². The van der Waals surface area contributed by atoms with Gasteiger partial charge in [0, 0.05) is 16.6 Å². The van der Waals surface area contributed by atoms with E-state index in [1.807, 2.05) is 32.0 Å². The number of hydrogen-bond donors (Lipinski definition) is 2. The van der Waals surface area contributed by atoms with Crippen LogP contribution in [0, 0.1) is 0 Å². The van der Waals surface area contributed by atoms with Crippen molar-refractivity contribution in [1.82, 2.24) is 10.2 Å². The summed E-state index contributed by atoms with van der Waals surface area (Å²) >= 11 is 5.87. The van der Waals surface area contributed by atoms with E-state index in [2.05, 4.69) is 5.32 Å². The molecule has 6 nitrogen and oxygen atoms in total. The number of rotatable bonds is 8. The molecule has 7 heteroatoms. The van der Waals surface area contributed by atoms with E-state index in [1.54, 1.807) is 23.1 Å². The summed E-state index contributed by atoms with van der Waals surface area (Å²) in [5, 5.41) is 12.3. The van der Waals surface area contributed by atoms with Crippen LogP contribution in [0.25, 0.3) is 11.3 Å². The first kappa shape index (κ1) is 19.0. The maximum Gasteiger partial charge on any atom is 0.317 e. The van der Waals surface area contributed by atoms with Gasteiger partial charge in [-0.3, -0.25) is 14.5 Å². The summed E-state index contributed by atoms with van der Waals surface area (Å²) in [5.41, 5.74) is 0.898. The van der Waals surface area contributed by atoms with Crippen molar-refractivity contribution in [3.63, 3.8) is 0 Å². The second-order valence-electron chi connectivity index (χ2n) is 5.94. The van der Waals surface area contributed by atoms with Gasteiger partial charge in [0.05, 0.1) is 19.6 Å². The molecule has 1 aromatic heterocycles. The molecule has 0 radical (unpaired) electrons. The Morgan fingerprint density at radius 3 is 2.44 bits per heavy atom. The summed E-state index contributed by atoms with van der Waals surface area (Å²) in [6, 6.07) is 10.9. The molecule has 0 aliphatic heterocycles. The van der Waals surface area contributed by atoms with Gasteiger partial charge < -0.3 is 14.8 Å². The summed E-state index contributed by atoms with van der Waals surface area (Å²) < 4.78 is 5.71. The van der Waals surface area contributed by atoms with Crippen LogP contribution >= 0.6 is 11.6 Å². The predicted octanol–water partition coefficient (Wildman–Crippen LogP) is 3.01. The maximum atomic E-state index is 12.0. The molecular formula is C18H21ClN2O4. The van der Waals surface area contributed by atoms with Crippen LogP contribution in [0.2, 0.25) is 5.02 Å². The fourth-order valence-corrected chi connectivity index (χ4v) is 2.39. The zero-order valence-electron chi connectivity index (χ0n) is 14.2. The van der Waals surface area contributed by atoms with E-state index in [9.17, 15) is 9.59 Å². The summed E-state index contributed by atoms with van der Waals surface area (Å²) in [5.74, 6) is 0.0998. The van der Waals surface area contributed by atoms with E-state index in [4.69, 9.17) is 21.1 Å². The second kappa shape index (κ2) is 8.69. The Balaban J connectivity index is 1.89. The van der Waals surface area contributed by atoms with E-state index in [-0.39, 0.29) is 31.6 Å². The monoisotopic (exact) mass is 364 g/mol. The van der Waals surface area contributed by atoms with Crippen molar-refractivity contribution in [3.8, 4) is 11.3 Å². The number of carbonyl (C=O) groups excluding carboxylic acids is 1. The molecular weight excluding hydrogens is 344 g/mol. The highest BCUT2D eigenvalue weighted by atomic mass is 35.5. The Morgan fingerprint density at radius 2 is 1.84 bits per heavy atom. The Morgan fingerprint density at radius 1 is 1.16 bits per heavy atom. The smallest absolute Gasteiger partial charge is 0.317 e. The number of nitrogens with zero attached hydrogens (tertiary/aromatic N) is 1. The van der Waals surface area contributed by atoms with Crippen LogP contribution in [-0.4, -0.2) is 41.0 Å². The molecule has 0 atom stereocenters. The molecule has 0 saturated heterocycles. The largest absolute Gasteiger partial charge is 0.480 e. The van der Waals surface area contributed by atoms with Gasteiger partial charge in [-0.1, -0.05) is 11.6 Å². The molecule has 1 amide bonds. The molecule has 0 unspecified atom stereocenters. The van der Waals surface area contributed by atoms with Crippen LogP contribution in [0.1, 0.15) is 19.6 Å². The van der Waals surface area contributed by atoms with Crippen LogP contribution in [0.3, 0.4) is 0 Å². The van der Waals surface area contributed by atoms with Crippen molar-refractivity contribution in [2.45, 2.75) is 26.4 Å². The lowest BCUT2D eigenvalue weighted by Gasteiger charge is -2.23. The van der Waals surface area contributed by atoms with Crippen LogP contribution < -0.4 is 5.32 Å². The van der Waals surface area contributed by atoms with Gasteiger partial charge in [0.1, 0.15) is 11.5 Å². The fourth-order valence-electron chi connectivity index (χ4n) is 2.26. The summed E-state index contributed by atoms with van der Waals surface area (Å²) in [6.45, 7) is 3.79. The summed E-state index contributed by atoms with van der Waals surface area (Å²) in [7, 11) is 0. The van der Waals surface area contributed by atoms with Gasteiger partial charge >= 0.3 is 5.97 Å². The molecule has 2 N–H and O–H groups in total. The highest BCUT2D eigenvalue weighted by molar-refractivity contribution is 6.30. The Bertz CT molecular complexity index is 725. The first-order valence-corrected chi connectivity index (χ1v) is 8.30. The molecule has 0 aliphatic rings. The lowest BCUT2D eigenvalue weighted by molar-refractivity contribution is -0.139. The molecule has 0 aliphatic carbocycles. The van der Waals surface area contributed by atoms with Crippen molar-refractivity contribution in [1.29, 1.82) is 0 Å². The van der Waals surface area contributed by atoms with Crippen molar-refractivity contribution < 1.29 is 19.1 Å². The molecule has 134 valence electrons. The lowest BCUT2D eigenvalue weighted by atomic mass is 10.2. The molecule has 1 heterocycles. The third-order valence-corrected chi connectivity index (χ3v) is 3.92. The van der Waals surface area contributed by atoms with E-state index in [0.29, 0.717) is 16.5 Å². The first-order valence-electron chi connectivity index (χ1n) is 7.92. The van der Waals surface area contributed by atoms with E-state index in [1.165, 1.54) is 0 Å². The number of carboxylic acids is 1. The molecule has 2 aromatic rings. The molecule has 0 saturated carbocycles. The van der Waals surface area contributed by atoms with Crippen LogP contribution in [0.4, 0.5) is 0 Å². The van der Waals surface area contributed by atoms with Crippen LogP contribution in [-0.2, 0) is 16.1 Å². The van der Waals surface area contributed by atoms with Crippen molar-refractivity contribution in [3.05, 3.63) is 47.2 Å². The molecule has 0 fully saturated rings. The third-order valence-electron chi connectivity index (χ3n) is 3.67. The number of benzene rings is 1. The lowest BCUT2D eigenvalue weighted by Crippen LogP contribution is -2.43. The molecule has 1 aromatic carbocycles. The summed E-state index contributed by atoms with van der Waals surface area (Å²) in [4.78, 5) is 24.4. The molecule has 0 spiro atoms. The minimum Gasteiger partial charge on any atom is -0.480 e. The predicted molar refractivity (Wildman–Crippen MR) is 95.3 cm³/mol. The number of carboxylic acid groups (broad SMARTS) is 1. The average Bonchev–Trinajstić information content (AvgIpc) is 3.01. The average molecular weight is 365 g/mol. The Hall–Kier alpha value is -2.31. The maximum absolute atomic E-state index is 12.0. The highest BCUT2D eigenvalue weighted by Gasteiger charge is 2.17. The number of aliphatic carboxylic acids is 1. The SMILES string of the molecule is CC(C)N(CC(=O)O)CC(=O)NCc1ccc(-c2ccc(Cl)cc2)o1. The van der Waals surface area contributed by atoms with E-state index in [0.717, 1.165) is 5.56 Å². The minimum atomic E-state index is -0.958. The topological polar surface area (TPSA) is 82.8 Å². The quantitative estimate of drug-likeness (QED) is 0.752. The second-order valence-corrected chi connectivity index (χ2v) is 6.38. The number of halogens is 1. The van der Waals surface area contributed by atoms with Crippen molar-refractivity contribution in [2.75, 3.05) is 13.1 Å². The van der Waals surface area contributed by atoms with Gasteiger partial charge in [-0.25, -0.2) is 0 Å². The first-order chi connectivity index (χ1) is 11.8. The third kappa shape index (κ3) is 5.92. The fraction of sp³-hybridized carbons (Fsp3) is 0.333. The van der Waals surface area contributed by atoms with E-state index >= 15 is 0 Å². The van der Waals surface area contributed by atoms with Crippen LogP contribution in [0.5, 0.6) is 0 Å². The zero-order valence-corrected chi connectivity index (χ0v) is 14.9. The van der Waals surface area contributed by atoms with E-state index < -0.39 is 5.97 Å². The van der Waals surface area contributed by atoms with Crippen molar-refractivity contribution >= 4 is 23.5 Å². The Kier molecular flexibility index (Phi) is 6.61. The minimum absolute atomic E-state index is 0.0225. The zero-order chi connectivity index (χ0) is 18.4. The van der Waals surface area contributed by atoms with Gasteiger partial charge in [0.25, 0.3) is 0 Å². The normalized spacial score (nSPS) is 11.1. The number of amides is 1. The van der Waals surface area contributed by atoms with Gasteiger partial charge in [-0.05, 0) is 50.2 Å². The standard InChI is InChI=1S/C18H21ClN2O4/c1-12(2)21(11-18(23)24)10-17(22)20-9-15-7-8-16(25-15)13-3-5-14(19)6-4-13/h3-8,12H,9-11H2,1-2H3,(H,20,22)(H,23,24). The molecule has 0 bridgehead atoms. The number of nitrogens with one attached hydrogen (secondary N) is 1. The van der Waals surface area contributed by atoms with Gasteiger partial charge in [0.2, 0.25) is 5.91 Å². The van der Waals surface area contributed by atoms with Gasteiger partial charge in [-0.15, -0.1) is 0 Å². The van der Waals surface area contributed by atoms with Gasteiger partial charge in [-0.2, -0.15) is 0 Å². The number of carbonyl (C=O) groups is 2. The molecule has 2 rings (SSSR count). The van der Waals surface area contributed by atoms with Crippen molar-refractivity contribution in [2.24, 2.45) is 0 Å².